The number of fused-ring (bicyclic) bond motifs is 1. The molecule has 0 atom stereocenters. The lowest BCUT2D eigenvalue weighted by Crippen LogP contribution is -2.51. The Bertz CT molecular complexity index is 1790. The van der Waals surface area contributed by atoms with Crippen LogP contribution in [0.3, 0.4) is 0 Å². The van der Waals surface area contributed by atoms with Crippen molar-refractivity contribution < 1.29 is 27.5 Å². The molecule has 232 valence electrons. The average Bonchev–Trinajstić information content (AvgIpc) is 3.31. The molecule has 1 saturated heterocycles. The van der Waals surface area contributed by atoms with Crippen LogP contribution in [0.2, 0.25) is 0 Å². The van der Waals surface area contributed by atoms with Crippen LogP contribution in [-0.2, 0) is 21.8 Å². The predicted molar refractivity (Wildman–Crippen MR) is 168 cm³/mol. The predicted octanol–water partition coefficient (Wildman–Crippen LogP) is 5.19. The molecule has 0 unspecified atom stereocenters. The number of aromatic nitrogens is 2. The molecule has 5 rings (SSSR count). The van der Waals surface area contributed by atoms with Gasteiger partial charge in [0.25, 0.3) is 15.9 Å². The van der Waals surface area contributed by atoms with Gasteiger partial charge in [0.05, 0.1) is 22.3 Å². The Balaban J connectivity index is 1.25. The molecule has 0 bridgehead atoms. The summed E-state index contributed by atoms with van der Waals surface area (Å²) in [4.78, 5) is 33.7. The monoisotopic (exact) mass is 619 g/mol. The minimum atomic E-state index is -3.74. The van der Waals surface area contributed by atoms with Gasteiger partial charge in [-0.1, -0.05) is 17.7 Å². The Kier molecular flexibility index (Phi) is 8.30. The number of carbonyl (C=O) groups is 2. The van der Waals surface area contributed by atoms with Crippen LogP contribution in [-0.4, -0.2) is 78.6 Å². The molecule has 1 aliphatic rings. The molecule has 12 heteroatoms. The lowest BCUT2D eigenvalue weighted by molar-refractivity contribution is 0.0139. The first-order valence-electron chi connectivity index (χ1n) is 14.3. The first-order valence-corrected chi connectivity index (χ1v) is 15.7. The van der Waals surface area contributed by atoms with Crippen LogP contribution in [0.15, 0.2) is 71.8 Å². The molecule has 0 N–H and O–H groups in total. The van der Waals surface area contributed by atoms with Gasteiger partial charge >= 0.3 is 6.09 Å². The van der Waals surface area contributed by atoms with Gasteiger partial charge in [0.2, 0.25) is 5.88 Å². The normalized spacial score (nSPS) is 14.0. The maximum atomic E-state index is 13.4. The van der Waals surface area contributed by atoms with Crippen molar-refractivity contribution in [2.75, 3.05) is 37.5 Å². The highest BCUT2D eigenvalue weighted by atomic mass is 32.2. The molecule has 0 saturated carbocycles. The van der Waals surface area contributed by atoms with Crippen molar-refractivity contribution >= 4 is 38.6 Å². The summed E-state index contributed by atoms with van der Waals surface area (Å²) in [5, 5.41) is 0.877. The molecule has 3 heterocycles. The van der Waals surface area contributed by atoms with Crippen LogP contribution in [0.25, 0.3) is 10.9 Å². The number of amides is 2. The number of aryl methyl sites for hydroxylation is 2. The van der Waals surface area contributed by atoms with E-state index in [1.807, 2.05) is 57.5 Å². The molecule has 2 amide bonds. The highest BCUT2D eigenvalue weighted by Crippen LogP contribution is 2.29. The minimum absolute atomic E-state index is 0.114. The van der Waals surface area contributed by atoms with E-state index in [4.69, 9.17) is 9.47 Å². The Morgan fingerprint density at radius 1 is 0.909 bits per heavy atom. The molecule has 1 aliphatic heterocycles. The van der Waals surface area contributed by atoms with E-state index < -0.39 is 15.6 Å². The molecule has 0 spiro atoms. The van der Waals surface area contributed by atoms with Gasteiger partial charge in [-0.3, -0.25) is 9.10 Å². The highest BCUT2D eigenvalue weighted by Gasteiger charge is 2.29. The zero-order chi connectivity index (χ0) is 31.8. The second kappa shape index (κ2) is 11.8. The van der Waals surface area contributed by atoms with E-state index >= 15 is 0 Å². The number of anilines is 1. The van der Waals surface area contributed by atoms with E-state index in [1.54, 1.807) is 52.3 Å². The van der Waals surface area contributed by atoms with Crippen molar-refractivity contribution in [1.82, 2.24) is 19.4 Å². The standard InChI is InChI=1S/C32H37N5O6S/c1-22-7-12-26(13-8-22)44(40,41)35(6)24-10-14-29(33-21-24)42-25-11-9-23-19-28(34(5)27(23)20-25)30(38)36-15-17-37(18-16-36)31(39)43-32(2,3)4/h7-14,19-21H,15-18H2,1-6H3. The van der Waals surface area contributed by atoms with Crippen molar-refractivity contribution in [2.24, 2.45) is 7.05 Å². The van der Waals surface area contributed by atoms with Crippen molar-refractivity contribution in [3.63, 3.8) is 0 Å². The Labute approximate surface area is 257 Å². The van der Waals surface area contributed by atoms with Crippen molar-refractivity contribution in [3.05, 3.63) is 78.1 Å². The van der Waals surface area contributed by atoms with Crippen LogP contribution in [0.5, 0.6) is 11.6 Å². The molecule has 44 heavy (non-hydrogen) atoms. The zero-order valence-corrected chi connectivity index (χ0v) is 26.6. The van der Waals surface area contributed by atoms with Gasteiger partial charge in [-0.05, 0) is 64.1 Å². The van der Waals surface area contributed by atoms with Crippen LogP contribution in [0.4, 0.5) is 10.5 Å². The van der Waals surface area contributed by atoms with E-state index in [0.717, 1.165) is 16.5 Å². The fraction of sp³-hybridized carbons (Fsp3) is 0.344. The highest BCUT2D eigenvalue weighted by molar-refractivity contribution is 7.92. The number of piperazine rings is 1. The zero-order valence-electron chi connectivity index (χ0n) is 25.8. The number of rotatable bonds is 6. The largest absolute Gasteiger partial charge is 0.444 e. The minimum Gasteiger partial charge on any atom is -0.444 e. The number of benzene rings is 2. The average molecular weight is 620 g/mol. The van der Waals surface area contributed by atoms with Gasteiger partial charge in [-0.2, -0.15) is 0 Å². The lowest BCUT2D eigenvalue weighted by atomic mass is 10.2. The third-order valence-corrected chi connectivity index (χ3v) is 9.24. The fourth-order valence-electron chi connectivity index (χ4n) is 4.91. The number of sulfonamides is 1. The van der Waals surface area contributed by atoms with Gasteiger partial charge in [0, 0.05) is 57.8 Å². The maximum Gasteiger partial charge on any atom is 0.410 e. The second-order valence-electron chi connectivity index (χ2n) is 11.8. The van der Waals surface area contributed by atoms with E-state index in [0.29, 0.717) is 49.2 Å². The Morgan fingerprint density at radius 3 is 2.18 bits per heavy atom. The third-order valence-electron chi connectivity index (χ3n) is 7.44. The molecule has 11 nitrogen and oxygen atoms in total. The van der Waals surface area contributed by atoms with Crippen molar-refractivity contribution in [2.45, 2.75) is 38.2 Å². The first kappa shape index (κ1) is 30.9. The summed E-state index contributed by atoms with van der Waals surface area (Å²) in [6, 6.07) is 17.3. The number of hydrogen-bond acceptors (Lipinski definition) is 7. The topological polar surface area (TPSA) is 114 Å². The molecule has 2 aromatic heterocycles. The van der Waals surface area contributed by atoms with Gasteiger partial charge in [0.15, 0.2) is 0 Å². The summed E-state index contributed by atoms with van der Waals surface area (Å²) in [6.07, 6.45) is 1.08. The first-order chi connectivity index (χ1) is 20.7. The van der Waals surface area contributed by atoms with Crippen LogP contribution in [0, 0.1) is 6.92 Å². The lowest BCUT2D eigenvalue weighted by Gasteiger charge is -2.35. The molecule has 0 radical (unpaired) electrons. The van der Waals surface area contributed by atoms with Crippen molar-refractivity contribution in [3.8, 4) is 11.6 Å². The second-order valence-corrected chi connectivity index (χ2v) is 13.8. The van der Waals surface area contributed by atoms with Crippen LogP contribution < -0.4 is 9.04 Å². The van der Waals surface area contributed by atoms with Gasteiger partial charge in [-0.25, -0.2) is 18.2 Å². The van der Waals surface area contributed by atoms with Gasteiger partial charge in [0.1, 0.15) is 17.0 Å². The van der Waals surface area contributed by atoms with E-state index in [2.05, 4.69) is 4.98 Å². The number of ether oxygens (including phenoxy) is 2. The van der Waals surface area contributed by atoms with Crippen LogP contribution in [0.1, 0.15) is 36.8 Å². The van der Waals surface area contributed by atoms with Gasteiger partial charge in [-0.15, -0.1) is 0 Å². The summed E-state index contributed by atoms with van der Waals surface area (Å²) in [7, 11) is -0.431. The number of carbonyl (C=O) groups excluding carboxylic acids is 2. The summed E-state index contributed by atoms with van der Waals surface area (Å²) >= 11 is 0. The van der Waals surface area contributed by atoms with E-state index in [9.17, 15) is 18.0 Å². The molecular formula is C32H37N5O6S. The summed E-state index contributed by atoms with van der Waals surface area (Å²) in [5.41, 5.74) is 2.13. The third kappa shape index (κ3) is 6.49. The molecule has 2 aromatic carbocycles. The number of pyridine rings is 1. The van der Waals surface area contributed by atoms with E-state index in [-0.39, 0.29) is 16.9 Å². The maximum absolute atomic E-state index is 13.4. The Hall–Kier alpha value is -4.58. The molecular weight excluding hydrogens is 582 g/mol. The quantitative estimate of drug-likeness (QED) is 0.292. The number of hydrogen-bond donors (Lipinski definition) is 0. The van der Waals surface area contributed by atoms with Crippen molar-refractivity contribution in [1.29, 1.82) is 0 Å². The summed E-state index contributed by atoms with van der Waals surface area (Å²) < 4.78 is 40.5. The summed E-state index contributed by atoms with van der Waals surface area (Å²) in [5.74, 6) is 0.698. The molecule has 4 aromatic rings. The fourth-order valence-corrected chi connectivity index (χ4v) is 6.09. The van der Waals surface area contributed by atoms with Crippen LogP contribution >= 0.6 is 0 Å². The smallest absolute Gasteiger partial charge is 0.410 e. The van der Waals surface area contributed by atoms with E-state index in [1.165, 1.54) is 17.5 Å². The molecule has 0 aliphatic carbocycles. The summed E-state index contributed by atoms with van der Waals surface area (Å²) in [6.45, 7) is 9.02. The number of nitrogens with zero attached hydrogens (tertiary/aromatic N) is 5. The molecule has 1 fully saturated rings. The SMILES string of the molecule is Cc1ccc(S(=O)(=O)N(C)c2ccc(Oc3ccc4cc(C(=O)N5CCN(C(=O)OC(C)(C)C)CC5)n(C)c4c3)nc2)cc1. The van der Waals surface area contributed by atoms with Gasteiger partial charge < -0.3 is 23.8 Å². The Morgan fingerprint density at radius 2 is 1.57 bits per heavy atom.